The summed E-state index contributed by atoms with van der Waals surface area (Å²) in [6, 6.07) is 9.26. The quantitative estimate of drug-likeness (QED) is 0.818. The van der Waals surface area contributed by atoms with Gasteiger partial charge in [0.2, 0.25) is 0 Å². The minimum atomic E-state index is -0.619. The summed E-state index contributed by atoms with van der Waals surface area (Å²) in [5.41, 5.74) is 0.704. The van der Waals surface area contributed by atoms with Crippen LogP contribution in [0.4, 0.5) is 0 Å². The maximum absolute atomic E-state index is 12.3. The molecule has 22 heavy (non-hydrogen) atoms. The fourth-order valence-electron chi connectivity index (χ4n) is 2.28. The summed E-state index contributed by atoms with van der Waals surface area (Å²) >= 11 is 0. The lowest BCUT2D eigenvalue weighted by Crippen LogP contribution is -2.30. The highest BCUT2D eigenvalue weighted by atomic mass is 16.5. The van der Waals surface area contributed by atoms with E-state index in [1.165, 1.54) is 4.74 Å². The second-order valence-electron chi connectivity index (χ2n) is 5.38. The van der Waals surface area contributed by atoms with Crippen LogP contribution >= 0.6 is 0 Å². The molecule has 118 valence electrons. The Bertz CT molecular complexity index is 686. The van der Waals surface area contributed by atoms with Crippen LogP contribution in [0.3, 0.4) is 0 Å². The molecule has 0 atom stereocenters. The SMILES string of the molecule is CN(C)CCCNC(=O)c1c(-c2ccccc2)n(C)oc1=O. The van der Waals surface area contributed by atoms with Crippen molar-refractivity contribution in [1.82, 2.24) is 15.0 Å². The molecule has 1 aromatic heterocycles. The molecule has 1 amide bonds. The summed E-state index contributed by atoms with van der Waals surface area (Å²) in [5, 5.41) is 2.78. The van der Waals surface area contributed by atoms with Gasteiger partial charge in [-0.2, -0.15) is 0 Å². The van der Waals surface area contributed by atoms with Crippen LogP contribution in [0.15, 0.2) is 39.6 Å². The highest BCUT2D eigenvalue weighted by Crippen LogP contribution is 2.21. The van der Waals surface area contributed by atoms with Crippen molar-refractivity contribution in [2.24, 2.45) is 7.05 Å². The Morgan fingerprint density at radius 1 is 1.27 bits per heavy atom. The number of amides is 1. The number of hydrogen-bond acceptors (Lipinski definition) is 4. The molecule has 1 N–H and O–H groups in total. The maximum Gasteiger partial charge on any atom is 0.370 e. The normalized spacial score (nSPS) is 10.9. The number of benzene rings is 1. The van der Waals surface area contributed by atoms with Crippen LogP contribution in [0.5, 0.6) is 0 Å². The van der Waals surface area contributed by atoms with Crippen molar-refractivity contribution in [1.29, 1.82) is 0 Å². The molecule has 1 heterocycles. The second kappa shape index (κ2) is 7.09. The van der Waals surface area contributed by atoms with Gasteiger partial charge < -0.3 is 14.7 Å². The van der Waals surface area contributed by atoms with Crippen LogP contribution in [0, 0.1) is 0 Å². The van der Waals surface area contributed by atoms with Gasteiger partial charge in [-0.05, 0) is 27.1 Å². The van der Waals surface area contributed by atoms with Gasteiger partial charge in [-0.1, -0.05) is 30.3 Å². The number of aryl methyl sites for hydroxylation is 1. The summed E-state index contributed by atoms with van der Waals surface area (Å²) in [6.07, 6.45) is 0.817. The van der Waals surface area contributed by atoms with Crippen molar-refractivity contribution in [2.45, 2.75) is 6.42 Å². The number of hydrogen-bond donors (Lipinski definition) is 1. The largest absolute Gasteiger partial charge is 0.370 e. The first kappa shape index (κ1) is 16.0. The first-order valence-corrected chi connectivity index (χ1v) is 7.19. The van der Waals surface area contributed by atoms with E-state index in [0.29, 0.717) is 12.2 Å². The van der Waals surface area contributed by atoms with Crippen LogP contribution < -0.4 is 10.9 Å². The minimum absolute atomic E-state index is 0.0542. The van der Waals surface area contributed by atoms with Gasteiger partial charge in [0, 0.05) is 19.2 Å². The van der Waals surface area contributed by atoms with Gasteiger partial charge in [0.25, 0.3) is 5.91 Å². The van der Waals surface area contributed by atoms with Crippen molar-refractivity contribution in [3.63, 3.8) is 0 Å². The molecule has 0 aliphatic heterocycles. The Morgan fingerprint density at radius 2 is 1.95 bits per heavy atom. The molecule has 0 saturated carbocycles. The van der Waals surface area contributed by atoms with E-state index in [-0.39, 0.29) is 5.56 Å². The van der Waals surface area contributed by atoms with Gasteiger partial charge in [-0.3, -0.25) is 4.79 Å². The van der Waals surface area contributed by atoms with E-state index in [0.717, 1.165) is 18.5 Å². The van der Waals surface area contributed by atoms with E-state index in [9.17, 15) is 9.59 Å². The smallest absolute Gasteiger partial charge is 0.352 e. The Balaban J connectivity index is 2.20. The van der Waals surface area contributed by atoms with Crippen LogP contribution in [0.2, 0.25) is 0 Å². The monoisotopic (exact) mass is 303 g/mol. The Hall–Kier alpha value is -2.34. The third-order valence-electron chi connectivity index (χ3n) is 3.32. The standard InChI is InChI=1S/C16H21N3O3/c1-18(2)11-7-10-17-15(20)13-14(19(3)22-16(13)21)12-8-5-4-6-9-12/h4-6,8-9H,7,10-11H2,1-3H3,(H,17,20). The van der Waals surface area contributed by atoms with Crippen LogP contribution in [0.25, 0.3) is 11.3 Å². The highest BCUT2D eigenvalue weighted by Gasteiger charge is 2.23. The second-order valence-corrected chi connectivity index (χ2v) is 5.38. The van der Waals surface area contributed by atoms with Gasteiger partial charge in [0.05, 0.1) is 0 Å². The number of aromatic nitrogens is 1. The van der Waals surface area contributed by atoms with Crippen LogP contribution in [0.1, 0.15) is 16.8 Å². The third-order valence-corrected chi connectivity index (χ3v) is 3.32. The predicted molar refractivity (Wildman–Crippen MR) is 84.9 cm³/mol. The highest BCUT2D eigenvalue weighted by molar-refractivity contribution is 5.99. The van der Waals surface area contributed by atoms with Crippen molar-refractivity contribution in [3.05, 3.63) is 46.3 Å². The average Bonchev–Trinajstić information content (AvgIpc) is 2.78. The third kappa shape index (κ3) is 3.65. The molecule has 0 spiro atoms. The molecular formula is C16H21N3O3. The Labute approximate surface area is 129 Å². The molecule has 2 rings (SSSR count). The fraction of sp³-hybridized carbons (Fsp3) is 0.375. The fourth-order valence-corrected chi connectivity index (χ4v) is 2.28. The maximum atomic E-state index is 12.3. The number of nitrogens with zero attached hydrogens (tertiary/aromatic N) is 2. The van der Waals surface area contributed by atoms with Crippen molar-refractivity contribution in [2.75, 3.05) is 27.2 Å². The lowest BCUT2D eigenvalue weighted by molar-refractivity contribution is 0.0950. The summed E-state index contributed by atoms with van der Waals surface area (Å²) in [5.74, 6) is -0.396. The first-order valence-electron chi connectivity index (χ1n) is 7.19. The molecule has 0 saturated heterocycles. The molecule has 1 aromatic carbocycles. The number of carbonyl (C=O) groups is 1. The van der Waals surface area contributed by atoms with E-state index in [1.54, 1.807) is 7.05 Å². The van der Waals surface area contributed by atoms with Crippen molar-refractivity contribution >= 4 is 5.91 Å². The van der Waals surface area contributed by atoms with Crippen LogP contribution in [-0.4, -0.2) is 42.7 Å². The van der Waals surface area contributed by atoms with Crippen molar-refractivity contribution in [3.8, 4) is 11.3 Å². The van der Waals surface area contributed by atoms with Gasteiger partial charge >= 0.3 is 5.63 Å². The van der Waals surface area contributed by atoms with E-state index >= 15 is 0 Å². The summed E-state index contributed by atoms with van der Waals surface area (Å²) < 4.78 is 6.40. The molecule has 2 aromatic rings. The number of carbonyl (C=O) groups excluding carboxylic acids is 1. The zero-order chi connectivity index (χ0) is 16.1. The number of nitrogens with one attached hydrogen (secondary N) is 1. The zero-order valence-electron chi connectivity index (χ0n) is 13.1. The van der Waals surface area contributed by atoms with E-state index in [2.05, 4.69) is 5.32 Å². The molecule has 0 aliphatic carbocycles. The lowest BCUT2D eigenvalue weighted by Gasteiger charge is -2.09. The first-order chi connectivity index (χ1) is 10.5. The summed E-state index contributed by atoms with van der Waals surface area (Å²) in [6.45, 7) is 1.38. The van der Waals surface area contributed by atoms with E-state index in [1.807, 2.05) is 49.3 Å². The van der Waals surface area contributed by atoms with Gasteiger partial charge in [-0.15, -0.1) is 0 Å². The predicted octanol–water partition coefficient (Wildman–Crippen LogP) is 1.33. The molecule has 0 aliphatic rings. The molecule has 6 nitrogen and oxygen atoms in total. The van der Waals surface area contributed by atoms with Gasteiger partial charge in [0.15, 0.2) is 5.56 Å². The van der Waals surface area contributed by atoms with Crippen LogP contribution in [-0.2, 0) is 7.05 Å². The topological polar surface area (TPSA) is 67.5 Å². The van der Waals surface area contributed by atoms with E-state index < -0.39 is 11.5 Å². The van der Waals surface area contributed by atoms with Gasteiger partial charge in [0.1, 0.15) is 5.69 Å². The Kier molecular flexibility index (Phi) is 5.16. The van der Waals surface area contributed by atoms with E-state index in [4.69, 9.17) is 4.52 Å². The molecule has 0 bridgehead atoms. The molecule has 0 fully saturated rings. The Morgan fingerprint density at radius 3 is 2.59 bits per heavy atom. The average molecular weight is 303 g/mol. The van der Waals surface area contributed by atoms with Gasteiger partial charge in [-0.25, -0.2) is 9.53 Å². The molecule has 0 unspecified atom stereocenters. The number of rotatable bonds is 6. The summed E-state index contributed by atoms with van der Waals surface area (Å²) in [4.78, 5) is 26.3. The van der Waals surface area contributed by atoms with Crippen molar-refractivity contribution < 1.29 is 9.32 Å². The zero-order valence-corrected chi connectivity index (χ0v) is 13.1. The lowest BCUT2D eigenvalue weighted by atomic mass is 10.1. The molecule has 6 heteroatoms. The molecule has 0 radical (unpaired) electrons. The minimum Gasteiger partial charge on any atom is -0.352 e. The molecular weight excluding hydrogens is 282 g/mol. The summed E-state index contributed by atoms with van der Waals surface area (Å²) in [7, 11) is 5.56.